The topological polar surface area (TPSA) is 100 Å². The van der Waals surface area contributed by atoms with Crippen molar-refractivity contribution in [2.24, 2.45) is 0 Å². The normalized spacial score (nSPS) is 10.6. The van der Waals surface area contributed by atoms with Crippen molar-refractivity contribution in [3.8, 4) is 22.5 Å². The summed E-state index contributed by atoms with van der Waals surface area (Å²) in [5.41, 5.74) is 9.37. The molecular formula is C20H15ClN2O3. The Bertz CT molecular complexity index is 1170. The van der Waals surface area contributed by atoms with E-state index in [-0.39, 0.29) is 18.0 Å². The summed E-state index contributed by atoms with van der Waals surface area (Å²) in [6, 6.07) is 17.3. The number of nitrogens with two attached hydrogens (primary N) is 1. The van der Waals surface area contributed by atoms with Gasteiger partial charge in [-0.15, -0.1) is 12.4 Å². The quantitative estimate of drug-likeness (QED) is 0.362. The fourth-order valence-electron chi connectivity index (χ4n) is 3.02. The molecule has 0 spiro atoms. The molecule has 0 bridgehead atoms. The van der Waals surface area contributed by atoms with Crippen LogP contribution in [0.25, 0.3) is 33.4 Å². The summed E-state index contributed by atoms with van der Waals surface area (Å²) in [7, 11) is 0. The number of halogens is 1. The van der Waals surface area contributed by atoms with E-state index < -0.39 is 5.97 Å². The molecule has 2 aliphatic rings. The van der Waals surface area contributed by atoms with Crippen molar-refractivity contribution >= 4 is 35.0 Å². The third-order valence-corrected chi connectivity index (χ3v) is 4.15. The van der Waals surface area contributed by atoms with Gasteiger partial charge in [0.2, 0.25) is 0 Å². The zero-order valence-corrected chi connectivity index (χ0v) is 14.3. The number of aromatic carboxylic acids is 1. The first-order valence-corrected chi connectivity index (χ1v) is 7.67. The molecule has 0 atom stereocenters. The van der Waals surface area contributed by atoms with Gasteiger partial charge in [0.05, 0.1) is 10.9 Å². The van der Waals surface area contributed by atoms with E-state index in [0.29, 0.717) is 33.5 Å². The first-order chi connectivity index (χ1) is 12.0. The standard InChI is InChI=1S/C20H14N2O3.ClH/c21-12-6-5-11-7-17-16(14-3-1-2-4-15(14)20(23)24)8-13(22)10-19(17)25-18(11)9-12;/h1-10,21H,22H2,(H,23,24);1H. The Kier molecular flexibility index (Phi) is 4.40. The van der Waals surface area contributed by atoms with Crippen molar-refractivity contribution in [3.05, 3.63) is 71.6 Å². The van der Waals surface area contributed by atoms with Gasteiger partial charge in [0.25, 0.3) is 0 Å². The summed E-state index contributed by atoms with van der Waals surface area (Å²) in [5, 5.41) is 18.4. The minimum atomic E-state index is -0.997. The first-order valence-electron chi connectivity index (χ1n) is 7.67. The summed E-state index contributed by atoms with van der Waals surface area (Å²) < 4.78 is 5.92. The molecular weight excluding hydrogens is 352 g/mol. The van der Waals surface area contributed by atoms with E-state index in [2.05, 4.69) is 0 Å². The predicted molar refractivity (Wildman–Crippen MR) is 103 cm³/mol. The van der Waals surface area contributed by atoms with E-state index in [0.717, 1.165) is 10.9 Å². The van der Waals surface area contributed by atoms with E-state index >= 15 is 0 Å². The number of rotatable bonds is 2. The molecule has 0 saturated heterocycles. The van der Waals surface area contributed by atoms with Crippen LogP contribution in [0.1, 0.15) is 10.4 Å². The number of anilines is 1. The second kappa shape index (κ2) is 6.54. The van der Waals surface area contributed by atoms with Gasteiger partial charge in [0.1, 0.15) is 11.3 Å². The third kappa shape index (κ3) is 2.89. The SMILES string of the molecule is Cl.N=c1ccc2cc3c(-c4ccccc4C(=O)O)cc(N)cc3oc-2c1. The zero-order chi connectivity index (χ0) is 17.6. The number of benzene rings is 3. The fraction of sp³-hybridized carbons (Fsp3) is 0. The molecule has 0 fully saturated rings. The molecule has 130 valence electrons. The minimum Gasteiger partial charge on any atom is -0.478 e. The van der Waals surface area contributed by atoms with Crippen LogP contribution in [0.3, 0.4) is 0 Å². The van der Waals surface area contributed by atoms with Gasteiger partial charge in [0, 0.05) is 28.8 Å². The molecule has 4 rings (SSSR count). The average Bonchev–Trinajstić information content (AvgIpc) is 2.59. The first kappa shape index (κ1) is 17.5. The van der Waals surface area contributed by atoms with Gasteiger partial charge < -0.3 is 20.7 Å². The highest BCUT2D eigenvalue weighted by molar-refractivity contribution is 6.04. The number of hydrogen-bond acceptors (Lipinski definition) is 4. The molecule has 26 heavy (non-hydrogen) atoms. The van der Waals surface area contributed by atoms with E-state index in [9.17, 15) is 9.90 Å². The van der Waals surface area contributed by atoms with E-state index in [4.69, 9.17) is 15.6 Å². The van der Waals surface area contributed by atoms with Crippen LogP contribution < -0.4 is 11.1 Å². The molecule has 1 aliphatic heterocycles. The lowest BCUT2D eigenvalue weighted by atomic mass is 9.94. The summed E-state index contributed by atoms with van der Waals surface area (Å²) in [6.45, 7) is 0. The lowest BCUT2D eigenvalue weighted by molar-refractivity contribution is 0.0697. The smallest absolute Gasteiger partial charge is 0.336 e. The Hall–Kier alpha value is -3.31. The van der Waals surface area contributed by atoms with Gasteiger partial charge >= 0.3 is 5.97 Å². The van der Waals surface area contributed by atoms with E-state index in [1.54, 1.807) is 48.5 Å². The highest BCUT2D eigenvalue weighted by atomic mass is 35.5. The van der Waals surface area contributed by atoms with Crippen molar-refractivity contribution in [1.82, 2.24) is 0 Å². The van der Waals surface area contributed by atoms with Gasteiger partial charge in [-0.2, -0.15) is 0 Å². The zero-order valence-electron chi connectivity index (χ0n) is 13.5. The van der Waals surface area contributed by atoms with Crippen molar-refractivity contribution in [2.45, 2.75) is 0 Å². The molecule has 0 unspecified atom stereocenters. The number of nitrogen functional groups attached to an aromatic ring is 1. The van der Waals surface area contributed by atoms with E-state index in [1.807, 2.05) is 12.1 Å². The second-order valence-corrected chi connectivity index (χ2v) is 5.83. The Morgan fingerprint density at radius 2 is 1.77 bits per heavy atom. The fourth-order valence-corrected chi connectivity index (χ4v) is 3.02. The number of fused-ring (bicyclic) bond motifs is 2. The monoisotopic (exact) mass is 366 g/mol. The largest absolute Gasteiger partial charge is 0.478 e. The number of carbonyl (C=O) groups is 1. The molecule has 0 radical (unpaired) electrons. The molecule has 6 heteroatoms. The number of hydrogen-bond donors (Lipinski definition) is 3. The van der Waals surface area contributed by atoms with Crippen LogP contribution >= 0.6 is 12.4 Å². The van der Waals surface area contributed by atoms with Gasteiger partial charge in [-0.1, -0.05) is 18.2 Å². The number of carboxylic acid groups (broad SMARTS) is 1. The highest BCUT2D eigenvalue weighted by Crippen LogP contribution is 2.37. The molecule has 2 aromatic rings. The van der Waals surface area contributed by atoms with Crippen molar-refractivity contribution in [3.63, 3.8) is 0 Å². The van der Waals surface area contributed by atoms with Gasteiger partial charge in [0.15, 0.2) is 0 Å². The van der Waals surface area contributed by atoms with Crippen molar-refractivity contribution in [1.29, 1.82) is 5.41 Å². The summed E-state index contributed by atoms with van der Waals surface area (Å²) in [5.74, 6) is -0.411. The van der Waals surface area contributed by atoms with Gasteiger partial charge in [-0.3, -0.25) is 0 Å². The Labute approximate surface area is 155 Å². The lowest BCUT2D eigenvalue weighted by Crippen LogP contribution is -2.01. The van der Waals surface area contributed by atoms with Gasteiger partial charge in [-0.05, 0) is 41.5 Å². The maximum Gasteiger partial charge on any atom is 0.336 e. The van der Waals surface area contributed by atoms with Crippen LogP contribution in [0, 0.1) is 5.41 Å². The predicted octanol–water partition coefficient (Wildman–Crippen LogP) is 4.39. The molecule has 5 nitrogen and oxygen atoms in total. The van der Waals surface area contributed by atoms with Crippen LogP contribution in [-0.4, -0.2) is 11.1 Å². The Morgan fingerprint density at radius 3 is 2.54 bits per heavy atom. The van der Waals surface area contributed by atoms with E-state index in [1.165, 1.54) is 0 Å². The molecule has 0 amide bonds. The van der Waals surface area contributed by atoms with Crippen molar-refractivity contribution in [2.75, 3.05) is 5.73 Å². The molecule has 1 heterocycles. The van der Waals surface area contributed by atoms with Crippen LogP contribution in [0.4, 0.5) is 5.69 Å². The van der Waals surface area contributed by atoms with Crippen LogP contribution in [0.15, 0.2) is 65.1 Å². The lowest BCUT2D eigenvalue weighted by Gasteiger charge is -2.13. The number of carboxylic acids is 1. The minimum absolute atomic E-state index is 0. The summed E-state index contributed by atoms with van der Waals surface area (Å²) >= 11 is 0. The molecule has 0 saturated carbocycles. The molecule has 0 aromatic heterocycles. The van der Waals surface area contributed by atoms with Crippen LogP contribution in [0.2, 0.25) is 0 Å². The molecule has 2 aromatic carbocycles. The average molecular weight is 367 g/mol. The number of nitrogens with one attached hydrogen (secondary N) is 1. The summed E-state index contributed by atoms with van der Waals surface area (Å²) in [6.07, 6.45) is 0. The van der Waals surface area contributed by atoms with Gasteiger partial charge in [-0.25, -0.2) is 4.79 Å². The molecule has 1 aliphatic carbocycles. The Balaban J connectivity index is 0.00000196. The Morgan fingerprint density at radius 1 is 1.00 bits per heavy atom. The summed E-state index contributed by atoms with van der Waals surface area (Å²) in [4.78, 5) is 11.6. The second-order valence-electron chi connectivity index (χ2n) is 5.83. The van der Waals surface area contributed by atoms with Crippen LogP contribution in [-0.2, 0) is 0 Å². The van der Waals surface area contributed by atoms with Crippen LogP contribution in [0.5, 0.6) is 0 Å². The molecule has 4 N–H and O–H groups in total. The highest BCUT2D eigenvalue weighted by Gasteiger charge is 2.16. The van der Waals surface area contributed by atoms with Crippen molar-refractivity contribution < 1.29 is 14.3 Å². The third-order valence-electron chi connectivity index (χ3n) is 4.15. The maximum atomic E-state index is 11.6. The maximum absolute atomic E-state index is 11.6.